The van der Waals surface area contributed by atoms with E-state index in [-0.39, 0.29) is 35.9 Å². The fraction of sp³-hybridized carbons (Fsp3) is 0.476. The molecule has 1 fully saturated rings. The van der Waals surface area contributed by atoms with Crippen LogP contribution in [0.2, 0.25) is 0 Å². The highest BCUT2D eigenvalue weighted by Crippen LogP contribution is 2.24. The Balaban J connectivity index is 0.00000300. The molecule has 29 heavy (non-hydrogen) atoms. The van der Waals surface area contributed by atoms with Crippen LogP contribution in [0.25, 0.3) is 0 Å². The Hall–Kier alpha value is -1.81. The van der Waals surface area contributed by atoms with Gasteiger partial charge in [-0.15, -0.1) is 24.0 Å². The molecule has 0 bridgehead atoms. The number of guanidine groups is 1. The first-order chi connectivity index (χ1) is 13.7. The van der Waals surface area contributed by atoms with Gasteiger partial charge < -0.3 is 25.1 Å². The number of benzene rings is 1. The van der Waals surface area contributed by atoms with E-state index in [4.69, 9.17) is 4.42 Å². The van der Waals surface area contributed by atoms with Crippen LogP contribution in [0.1, 0.15) is 31.1 Å². The molecule has 1 aromatic heterocycles. The van der Waals surface area contributed by atoms with Crippen LogP contribution in [0.3, 0.4) is 0 Å². The summed E-state index contributed by atoms with van der Waals surface area (Å²) in [6.07, 6.45) is 3.53. The van der Waals surface area contributed by atoms with E-state index in [0.29, 0.717) is 50.7 Å². The second-order valence-electron chi connectivity index (χ2n) is 6.96. The number of aliphatic imine (C=N–C) groups is 1. The summed E-state index contributed by atoms with van der Waals surface area (Å²) in [5, 5.41) is 16.1. The molecule has 0 amide bonds. The Bertz CT molecular complexity index is 762. The predicted molar refractivity (Wildman–Crippen MR) is 124 cm³/mol. The Morgan fingerprint density at radius 1 is 1.28 bits per heavy atom. The molecular formula is C21H30FIN4O2. The highest BCUT2D eigenvalue weighted by atomic mass is 127. The first-order valence-corrected chi connectivity index (χ1v) is 9.91. The molecule has 0 saturated carbocycles. The van der Waals surface area contributed by atoms with Crippen LogP contribution in [-0.4, -0.2) is 43.3 Å². The first-order valence-electron chi connectivity index (χ1n) is 9.91. The van der Waals surface area contributed by atoms with Crippen LogP contribution in [0, 0.1) is 5.82 Å². The summed E-state index contributed by atoms with van der Waals surface area (Å²) in [4.78, 5) is 6.54. The molecule has 0 unspecified atom stereocenters. The molecule has 1 aliphatic heterocycles. The minimum Gasteiger partial charge on any atom is -0.469 e. The van der Waals surface area contributed by atoms with Crippen molar-refractivity contribution in [1.29, 1.82) is 0 Å². The monoisotopic (exact) mass is 516 g/mol. The van der Waals surface area contributed by atoms with E-state index in [0.717, 1.165) is 24.3 Å². The smallest absolute Gasteiger partial charge is 0.191 e. The van der Waals surface area contributed by atoms with Gasteiger partial charge in [0.1, 0.15) is 11.6 Å². The van der Waals surface area contributed by atoms with E-state index < -0.39 is 0 Å². The van der Waals surface area contributed by atoms with Gasteiger partial charge in [-0.1, -0.05) is 6.07 Å². The first kappa shape index (κ1) is 23.5. The van der Waals surface area contributed by atoms with Gasteiger partial charge in [-0.3, -0.25) is 0 Å². The van der Waals surface area contributed by atoms with E-state index in [1.165, 1.54) is 0 Å². The third-order valence-electron chi connectivity index (χ3n) is 4.83. The van der Waals surface area contributed by atoms with Crippen molar-refractivity contribution in [2.75, 3.05) is 31.1 Å². The number of anilines is 1. The molecule has 160 valence electrons. The van der Waals surface area contributed by atoms with Crippen molar-refractivity contribution < 1.29 is 13.9 Å². The Kier molecular flexibility index (Phi) is 9.72. The molecule has 2 heterocycles. The highest BCUT2D eigenvalue weighted by Gasteiger charge is 2.19. The zero-order valence-electron chi connectivity index (χ0n) is 16.7. The molecule has 0 atom stereocenters. The van der Waals surface area contributed by atoms with Gasteiger partial charge in [0.2, 0.25) is 0 Å². The maximum Gasteiger partial charge on any atom is 0.191 e. The molecule has 1 aromatic carbocycles. The number of halogens is 2. The minimum absolute atomic E-state index is 0. The van der Waals surface area contributed by atoms with Crippen LogP contribution in [0.15, 0.2) is 46.0 Å². The molecule has 1 aliphatic rings. The Labute approximate surface area is 188 Å². The average Bonchev–Trinajstić information content (AvgIpc) is 3.20. The lowest BCUT2D eigenvalue weighted by molar-refractivity contribution is 0.145. The van der Waals surface area contributed by atoms with Crippen molar-refractivity contribution in [3.05, 3.63) is 53.7 Å². The maximum atomic E-state index is 14.6. The third kappa shape index (κ3) is 7.18. The van der Waals surface area contributed by atoms with Gasteiger partial charge in [0, 0.05) is 32.6 Å². The van der Waals surface area contributed by atoms with E-state index in [9.17, 15) is 9.50 Å². The van der Waals surface area contributed by atoms with Crippen molar-refractivity contribution in [2.45, 2.75) is 38.8 Å². The third-order valence-corrected chi connectivity index (χ3v) is 4.83. The maximum absolute atomic E-state index is 14.6. The number of nitrogens with zero attached hydrogens (tertiary/aromatic N) is 2. The Morgan fingerprint density at radius 2 is 2.07 bits per heavy atom. The predicted octanol–water partition coefficient (Wildman–Crippen LogP) is 3.30. The number of hydrogen-bond donors (Lipinski definition) is 3. The van der Waals surface area contributed by atoms with Crippen LogP contribution < -0.4 is 15.5 Å². The summed E-state index contributed by atoms with van der Waals surface area (Å²) in [6, 6.07) is 9.10. The summed E-state index contributed by atoms with van der Waals surface area (Å²) < 4.78 is 19.9. The summed E-state index contributed by atoms with van der Waals surface area (Å²) in [7, 11) is 0. The van der Waals surface area contributed by atoms with Crippen molar-refractivity contribution in [3.8, 4) is 0 Å². The number of furan rings is 1. The van der Waals surface area contributed by atoms with Gasteiger partial charge in [0.05, 0.1) is 24.6 Å². The van der Waals surface area contributed by atoms with Gasteiger partial charge in [0.15, 0.2) is 5.96 Å². The number of aliphatic hydroxyl groups excluding tert-OH is 1. The molecule has 2 aromatic rings. The average molecular weight is 516 g/mol. The standard InChI is InChI=1S/C21H29FN4O2.HI/c1-2-23-21(24-10-7-18-4-3-13-28-18)25-15-16-5-6-20(19(22)14-16)26-11-8-17(27)9-12-26;/h3-6,13-14,17,27H,2,7-12,15H2,1H3,(H2,23,24,25);1H. The normalized spacial score (nSPS) is 15.1. The zero-order valence-corrected chi connectivity index (χ0v) is 19.1. The number of aliphatic hydroxyl groups is 1. The van der Waals surface area contributed by atoms with Gasteiger partial charge >= 0.3 is 0 Å². The van der Waals surface area contributed by atoms with E-state index in [2.05, 4.69) is 15.6 Å². The molecule has 3 N–H and O–H groups in total. The molecule has 0 aliphatic carbocycles. The molecule has 3 rings (SSSR count). The van der Waals surface area contributed by atoms with Gasteiger partial charge in [-0.2, -0.15) is 0 Å². The van der Waals surface area contributed by atoms with Crippen LogP contribution >= 0.6 is 24.0 Å². The van der Waals surface area contributed by atoms with Crippen LogP contribution in [0.4, 0.5) is 10.1 Å². The topological polar surface area (TPSA) is 73.0 Å². The molecule has 8 heteroatoms. The van der Waals surface area contributed by atoms with Crippen molar-refractivity contribution >= 4 is 35.6 Å². The van der Waals surface area contributed by atoms with Crippen molar-refractivity contribution in [3.63, 3.8) is 0 Å². The molecule has 6 nitrogen and oxygen atoms in total. The van der Waals surface area contributed by atoms with E-state index >= 15 is 0 Å². The zero-order chi connectivity index (χ0) is 19.8. The highest BCUT2D eigenvalue weighted by molar-refractivity contribution is 14.0. The molecular weight excluding hydrogens is 486 g/mol. The minimum atomic E-state index is -0.266. The lowest BCUT2D eigenvalue weighted by atomic mass is 10.1. The fourth-order valence-electron chi connectivity index (χ4n) is 3.28. The molecule has 0 radical (unpaired) electrons. The SMILES string of the molecule is CCNC(=NCc1ccc(N2CCC(O)CC2)c(F)c1)NCCc1ccco1.I. The molecule has 0 spiro atoms. The lowest BCUT2D eigenvalue weighted by Crippen LogP contribution is -2.38. The summed E-state index contributed by atoms with van der Waals surface area (Å²) in [5.41, 5.74) is 1.42. The summed E-state index contributed by atoms with van der Waals surface area (Å²) in [5.74, 6) is 1.38. The molecule has 1 saturated heterocycles. The van der Waals surface area contributed by atoms with Gasteiger partial charge in [-0.05, 0) is 49.6 Å². The fourth-order valence-corrected chi connectivity index (χ4v) is 3.28. The van der Waals surface area contributed by atoms with Crippen LogP contribution in [0.5, 0.6) is 0 Å². The van der Waals surface area contributed by atoms with E-state index in [1.807, 2.05) is 36.1 Å². The number of hydrogen-bond acceptors (Lipinski definition) is 4. The van der Waals surface area contributed by atoms with E-state index in [1.54, 1.807) is 12.3 Å². The van der Waals surface area contributed by atoms with Crippen molar-refractivity contribution in [2.24, 2.45) is 4.99 Å². The van der Waals surface area contributed by atoms with Crippen molar-refractivity contribution in [1.82, 2.24) is 10.6 Å². The number of nitrogens with one attached hydrogen (secondary N) is 2. The van der Waals surface area contributed by atoms with Gasteiger partial charge in [0.25, 0.3) is 0 Å². The van der Waals surface area contributed by atoms with Crippen LogP contribution in [-0.2, 0) is 13.0 Å². The largest absolute Gasteiger partial charge is 0.469 e. The lowest BCUT2D eigenvalue weighted by Gasteiger charge is -2.31. The second kappa shape index (κ2) is 12.0. The quantitative estimate of drug-likeness (QED) is 0.299. The number of rotatable bonds is 7. The number of piperidine rings is 1. The summed E-state index contributed by atoms with van der Waals surface area (Å²) in [6.45, 7) is 5.22. The van der Waals surface area contributed by atoms with Gasteiger partial charge in [-0.25, -0.2) is 9.38 Å². The Morgan fingerprint density at radius 3 is 2.72 bits per heavy atom. The second-order valence-corrected chi connectivity index (χ2v) is 6.96. The summed E-state index contributed by atoms with van der Waals surface area (Å²) >= 11 is 0.